The van der Waals surface area contributed by atoms with E-state index in [9.17, 15) is 14.4 Å². The molecular weight excluding hydrogens is 178 g/mol. The molecule has 0 heterocycles. The lowest BCUT2D eigenvalue weighted by molar-refractivity contribution is -0.134. The third-order valence-electron chi connectivity index (χ3n) is 0.900. The van der Waals surface area contributed by atoms with E-state index in [1.165, 1.54) is 0 Å². The van der Waals surface area contributed by atoms with Gasteiger partial charge in [0.1, 0.15) is 5.70 Å². The minimum atomic E-state index is -1.37. The molecule has 0 atom stereocenters. The second-order valence-corrected chi connectivity index (χ2v) is 2.05. The Bertz CT molecular complexity index is 271. The van der Waals surface area contributed by atoms with Gasteiger partial charge in [0.15, 0.2) is 0 Å². The SMILES string of the molecule is CC(=O)N/C(=C/NC(N)=O)C(=O)O. The number of primary amides is 1. The van der Waals surface area contributed by atoms with Crippen molar-refractivity contribution in [1.82, 2.24) is 10.6 Å². The number of carboxylic acid groups (broad SMARTS) is 1. The third-order valence-corrected chi connectivity index (χ3v) is 0.900. The highest BCUT2D eigenvalue weighted by molar-refractivity contribution is 5.92. The molecule has 5 N–H and O–H groups in total. The van der Waals surface area contributed by atoms with Crippen molar-refractivity contribution >= 4 is 17.9 Å². The zero-order chi connectivity index (χ0) is 10.4. The number of nitrogens with two attached hydrogens (primary N) is 1. The van der Waals surface area contributed by atoms with E-state index in [2.05, 4.69) is 5.73 Å². The molecule has 0 spiro atoms. The number of urea groups is 1. The summed E-state index contributed by atoms with van der Waals surface area (Å²) in [6.07, 6.45) is 0.798. The molecule has 3 amide bonds. The van der Waals surface area contributed by atoms with Gasteiger partial charge in [-0.2, -0.15) is 0 Å². The number of rotatable bonds is 3. The zero-order valence-corrected chi connectivity index (χ0v) is 6.83. The van der Waals surface area contributed by atoms with Crippen LogP contribution in [0.3, 0.4) is 0 Å². The first-order valence-corrected chi connectivity index (χ1v) is 3.20. The molecule has 0 aliphatic rings. The summed E-state index contributed by atoms with van der Waals surface area (Å²) in [5.41, 5.74) is 4.22. The Morgan fingerprint density at radius 1 is 1.38 bits per heavy atom. The largest absolute Gasteiger partial charge is 0.477 e. The van der Waals surface area contributed by atoms with Gasteiger partial charge in [-0.1, -0.05) is 0 Å². The molecule has 7 nitrogen and oxygen atoms in total. The summed E-state index contributed by atoms with van der Waals surface area (Å²) in [6.45, 7) is 1.14. The zero-order valence-electron chi connectivity index (χ0n) is 6.83. The fourth-order valence-corrected chi connectivity index (χ4v) is 0.484. The van der Waals surface area contributed by atoms with Crippen LogP contribution in [-0.4, -0.2) is 23.0 Å². The first kappa shape index (κ1) is 11.0. The molecule has 0 saturated carbocycles. The average Bonchev–Trinajstić information content (AvgIpc) is 1.96. The minimum absolute atomic E-state index is 0.452. The first-order valence-electron chi connectivity index (χ1n) is 3.20. The smallest absolute Gasteiger partial charge is 0.353 e. The van der Waals surface area contributed by atoms with Gasteiger partial charge < -0.3 is 21.5 Å². The molecule has 0 rings (SSSR count). The number of carbonyl (C=O) groups is 3. The Balaban J connectivity index is 4.41. The van der Waals surface area contributed by atoms with E-state index in [1.54, 1.807) is 0 Å². The number of amides is 3. The number of nitrogens with one attached hydrogen (secondary N) is 2. The number of carboxylic acids is 1. The van der Waals surface area contributed by atoms with Gasteiger partial charge >= 0.3 is 12.0 Å². The molecule has 13 heavy (non-hydrogen) atoms. The lowest BCUT2D eigenvalue weighted by Crippen LogP contribution is -2.30. The van der Waals surface area contributed by atoms with Crippen LogP contribution in [0.25, 0.3) is 0 Å². The Morgan fingerprint density at radius 2 is 1.92 bits per heavy atom. The normalized spacial score (nSPS) is 10.4. The molecule has 0 aromatic heterocycles. The van der Waals surface area contributed by atoms with Crippen molar-refractivity contribution in [1.29, 1.82) is 0 Å². The van der Waals surface area contributed by atoms with Gasteiger partial charge in [-0.15, -0.1) is 0 Å². The van der Waals surface area contributed by atoms with Crippen LogP contribution in [-0.2, 0) is 9.59 Å². The lowest BCUT2D eigenvalue weighted by atomic mass is 10.4. The maximum atomic E-state index is 10.4. The van der Waals surface area contributed by atoms with Crippen molar-refractivity contribution in [3.8, 4) is 0 Å². The second kappa shape index (κ2) is 4.75. The summed E-state index contributed by atoms with van der Waals surface area (Å²) < 4.78 is 0. The molecule has 0 aromatic carbocycles. The van der Waals surface area contributed by atoms with Crippen molar-refractivity contribution in [2.24, 2.45) is 5.73 Å². The predicted octanol–water partition coefficient (Wildman–Crippen LogP) is -1.28. The van der Waals surface area contributed by atoms with Crippen molar-refractivity contribution in [2.75, 3.05) is 0 Å². The number of carbonyl (C=O) groups excluding carboxylic acids is 2. The quantitative estimate of drug-likeness (QED) is 0.411. The van der Waals surface area contributed by atoms with Crippen LogP contribution in [0.15, 0.2) is 11.9 Å². The Labute approximate surface area is 73.6 Å². The summed E-state index contributed by atoms with van der Waals surface area (Å²) in [7, 11) is 0. The van der Waals surface area contributed by atoms with E-state index >= 15 is 0 Å². The molecule has 0 aromatic rings. The van der Waals surface area contributed by atoms with Crippen LogP contribution < -0.4 is 16.4 Å². The first-order chi connectivity index (χ1) is 5.93. The highest BCUT2D eigenvalue weighted by atomic mass is 16.4. The molecular formula is C6H9N3O4. The van der Waals surface area contributed by atoms with Crippen molar-refractivity contribution in [2.45, 2.75) is 6.92 Å². The number of aliphatic carboxylic acids is 1. The molecule has 0 unspecified atom stereocenters. The summed E-state index contributed by atoms with van der Waals surface area (Å²) in [5, 5.41) is 12.4. The highest BCUT2D eigenvalue weighted by Gasteiger charge is 2.08. The minimum Gasteiger partial charge on any atom is -0.477 e. The third kappa shape index (κ3) is 5.24. The maximum absolute atomic E-state index is 10.4. The molecule has 72 valence electrons. The van der Waals surface area contributed by atoms with E-state index < -0.39 is 23.6 Å². The van der Waals surface area contributed by atoms with Gasteiger partial charge in [-0.25, -0.2) is 9.59 Å². The van der Waals surface area contributed by atoms with E-state index in [-0.39, 0.29) is 0 Å². The molecule has 0 radical (unpaired) electrons. The maximum Gasteiger partial charge on any atom is 0.353 e. The fraction of sp³-hybridized carbons (Fsp3) is 0.167. The molecule has 7 heteroatoms. The van der Waals surface area contributed by atoms with Gasteiger partial charge in [-0.05, 0) is 0 Å². The molecule has 0 bridgehead atoms. The van der Waals surface area contributed by atoms with E-state index in [0.717, 1.165) is 13.1 Å². The predicted molar refractivity (Wildman–Crippen MR) is 42.3 cm³/mol. The van der Waals surface area contributed by atoms with Crippen LogP contribution in [0.4, 0.5) is 4.79 Å². The van der Waals surface area contributed by atoms with Crippen molar-refractivity contribution in [3.05, 3.63) is 11.9 Å². The van der Waals surface area contributed by atoms with Crippen LogP contribution >= 0.6 is 0 Å². The van der Waals surface area contributed by atoms with Crippen LogP contribution in [0.5, 0.6) is 0 Å². The van der Waals surface area contributed by atoms with E-state index in [1.807, 2.05) is 10.6 Å². The monoisotopic (exact) mass is 187 g/mol. The van der Waals surface area contributed by atoms with Crippen LogP contribution in [0.1, 0.15) is 6.92 Å². The van der Waals surface area contributed by atoms with Gasteiger partial charge in [0.05, 0.1) is 0 Å². The van der Waals surface area contributed by atoms with Gasteiger partial charge in [-0.3, -0.25) is 4.79 Å². The lowest BCUT2D eigenvalue weighted by Gasteiger charge is -2.01. The summed E-state index contributed by atoms with van der Waals surface area (Å²) >= 11 is 0. The van der Waals surface area contributed by atoms with Gasteiger partial charge in [0, 0.05) is 13.1 Å². The second-order valence-electron chi connectivity index (χ2n) is 2.05. The standard InChI is InChI=1S/C6H9N3O4/c1-3(10)9-4(5(11)12)2-8-6(7)13/h2H,1H3,(H,9,10)(H,11,12)(H3,7,8,13)/b4-2+. The highest BCUT2D eigenvalue weighted by Crippen LogP contribution is 1.86. The van der Waals surface area contributed by atoms with E-state index in [4.69, 9.17) is 5.11 Å². The topological polar surface area (TPSA) is 122 Å². The molecule has 0 aliphatic carbocycles. The summed E-state index contributed by atoms with van der Waals surface area (Å²) in [5.74, 6) is -1.93. The molecule has 0 saturated heterocycles. The van der Waals surface area contributed by atoms with Gasteiger partial charge in [0.2, 0.25) is 5.91 Å². The number of hydrogen-bond acceptors (Lipinski definition) is 3. The van der Waals surface area contributed by atoms with E-state index in [0.29, 0.717) is 0 Å². The Kier molecular flexibility index (Phi) is 4.00. The molecule has 0 aliphatic heterocycles. The van der Waals surface area contributed by atoms with Crippen LogP contribution in [0.2, 0.25) is 0 Å². The van der Waals surface area contributed by atoms with Crippen molar-refractivity contribution in [3.63, 3.8) is 0 Å². The number of hydrogen-bond donors (Lipinski definition) is 4. The Hall–Kier alpha value is -2.05. The fourth-order valence-electron chi connectivity index (χ4n) is 0.484. The van der Waals surface area contributed by atoms with Gasteiger partial charge in [0.25, 0.3) is 0 Å². The Morgan fingerprint density at radius 3 is 2.23 bits per heavy atom. The van der Waals surface area contributed by atoms with Crippen molar-refractivity contribution < 1.29 is 19.5 Å². The average molecular weight is 187 g/mol. The summed E-state index contributed by atoms with van der Waals surface area (Å²) in [4.78, 5) is 31.0. The van der Waals surface area contributed by atoms with Crippen LogP contribution in [0, 0.1) is 0 Å². The molecule has 0 fully saturated rings. The summed E-state index contributed by atoms with van der Waals surface area (Å²) in [6, 6.07) is -0.913.